The van der Waals surface area contributed by atoms with E-state index in [-0.39, 0.29) is 6.54 Å². The number of nitrogens with zero attached hydrogens (tertiary/aromatic N) is 1. The number of esters is 1. The smallest absolute Gasteiger partial charge is 0.331 e. The molecule has 2 aromatic carbocycles. The summed E-state index contributed by atoms with van der Waals surface area (Å²) in [7, 11) is 2.70. The van der Waals surface area contributed by atoms with Crippen LogP contribution in [0.4, 0.5) is 0 Å². The van der Waals surface area contributed by atoms with Gasteiger partial charge in [0.25, 0.3) is 0 Å². The van der Waals surface area contributed by atoms with Gasteiger partial charge in [-0.05, 0) is 11.1 Å². The molecule has 2 aromatic rings. The van der Waals surface area contributed by atoms with E-state index in [1.807, 2.05) is 23.7 Å². The zero-order chi connectivity index (χ0) is 22.4. The van der Waals surface area contributed by atoms with E-state index in [9.17, 15) is 19.6 Å². The molecule has 1 aliphatic rings. The molecule has 0 aromatic heterocycles. The molecule has 0 bridgehead atoms. The average Bonchev–Trinajstić information content (AvgIpc) is 2.81. The van der Waals surface area contributed by atoms with Crippen molar-refractivity contribution in [2.24, 2.45) is 0 Å². The highest BCUT2D eigenvalue weighted by Gasteiger charge is 2.48. The molecular formula is C22H25N3O6. The SMILES string of the molecule is COC(=O)C(C(OC)c1ccccc1)N1CC(NC(=O)C(NO)c2ccccc2)C1=O. The zero-order valence-corrected chi connectivity index (χ0v) is 17.2. The molecule has 0 aliphatic carbocycles. The fourth-order valence-electron chi connectivity index (χ4n) is 3.62. The fourth-order valence-corrected chi connectivity index (χ4v) is 3.62. The van der Waals surface area contributed by atoms with Crippen LogP contribution in [-0.4, -0.2) is 60.7 Å². The minimum Gasteiger partial charge on any atom is -0.467 e. The van der Waals surface area contributed by atoms with E-state index in [1.54, 1.807) is 42.5 Å². The Balaban J connectivity index is 1.72. The van der Waals surface area contributed by atoms with Crippen molar-refractivity contribution in [3.8, 4) is 0 Å². The van der Waals surface area contributed by atoms with Gasteiger partial charge in [-0.15, -0.1) is 0 Å². The Morgan fingerprint density at radius 1 is 1.03 bits per heavy atom. The summed E-state index contributed by atoms with van der Waals surface area (Å²) in [5, 5.41) is 12.0. The molecule has 4 unspecified atom stereocenters. The summed E-state index contributed by atoms with van der Waals surface area (Å²) in [5.41, 5.74) is 3.23. The number of nitrogens with one attached hydrogen (secondary N) is 2. The van der Waals surface area contributed by atoms with E-state index in [2.05, 4.69) is 5.32 Å². The quantitative estimate of drug-likeness (QED) is 0.310. The highest BCUT2D eigenvalue weighted by Crippen LogP contribution is 2.29. The van der Waals surface area contributed by atoms with Gasteiger partial charge in [0.1, 0.15) is 18.2 Å². The second-order valence-electron chi connectivity index (χ2n) is 7.06. The predicted octanol–water partition coefficient (Wildman–Crippen LogP) is 0.963. The van der Waals surface area contributed by atoms with Gasteiger partial charge in [0.05, 0.1) is 13.7 Å². The monoisotopic (exact) mass is 427 g/mol. The van der Waals surface area contributed by atoms with E-state index in [1.165, 1.54) is 19.1 Å². The average molecular weight is 427 g/mol. The van der Waals surface area contributed by atoms with Gasteiger partial charge in [-0.25, -0.2) is 4.79 Å². The van der Waals surface area contributed by atoms with E-state index >= 15 is 0 Å². The van der Waals surface area contributed by atoms with Gasteiger partial charge < -0.3 is 24.9 Å². The molecule has 1 saturated heterocycles. The molecule has 1 fully saturated rings. The summed E-state index contributed by atoms with van der Waals surface area (Å²) in [5.74, 6) is -1.62. The van der Waals surface area contributed by atoms with Crippen molar-refractivity contribution in [3.05, 3.63) is 71.8 Å². The molecular weight excluding hydrogens is 402 g/mol. The summed E-state index contributed by atoms with van der Waals surface area (Å²) in [6, 6.07) is 14.8. The largest absolute Gasteiger partial charge is 0.467 e. The molecule has 164 valence electrons. The maximum absolute atomic E-state index is 12.8. The van der Waals surface area contributed by atoms with Gasteiger partial charge in [0, 0.05) is 7.11 Å². The van der Waals surface area contributed by atoms with E-state index < -0.39 is 42.0 Å². The Labute approximate surface area is 179 Å². The second kappa shape index (κ2) is 10.2. The number of hydrogen-bond donors (Lipinski definition) is 3. The van der Waals surface area contributed by atoms with Crippen LogP contribution < -0.4 is 10.8 Å². The highest BCUT2D eigenvalue weighted by molar-refractivity contribution is 5.96. The molecule has 9 heteroatoms. The van der Waals surface area contributed by atoms with Gasteiger partial charge >= 0.3 is 5.97 Å². The highest BCUT2D eigenvalue weighted by atomic mass is 16.5. The van der Waals surface area contributed by atoms with E-state index in [4.69, 9.17) is 9.47 Å². The maximum atomic E-state index is 12.8. The van der Waals surface area contributed by atoms with E-state index in [0.29, 0.717) is 11.1 Å². The topological polar surface area (TPSA) is 117 Å². The minimum atomic E-state index is -1.03. The number of ether oxygens (including phenoxy) is 2. The van der Waals surface area contributed by atoms with Crippen molar-refractivity contribution in [1.29, 1.82) is 0 Å². The van der Waals surface area contributed by atoms with Crippen molar-refractivity contribution < 1.29 is 29.1 Å². The maximum Gasteiger partial charge on any atom is 0.331 e. The molecule has 1 aliphatic heterocycles. The van der Waals surface area contributed by atoms with Gasteiger partial charge in [0.2, 0.25) is 11.8 Å². The van der Waals surface area contributed by atoms with Crippen molar-refractivity contribution in [3.63, 3.8) is 0 Å². The molecule has 31 heavy (non-hydrogen) atoms. The van der Waals surface area contributed by atoms with E-state index in [0.717, 1.165) is 0 Å². The van der Waals surface area contributed by atoms with Crippen LogP contribution in [-0.2, 0) is 23.9 Å². The molecule has 2 amide bonds. The van der Waals surface area contributed by atoms with Crippen LogP contribution in [0.1, 0.15) is 23.3 Å². The number of likely N-dealkylation sites (tertiary alicyclic amines) is 1. The second-order valence-corrected chi connectivity index (χ2v) is 7.06. The van der Waals surface area contributed by atoms with Crippen LogP contribution in [0.5, 0.6) is 0 Å². The number of rotatable bonds is 9. The first-order valence-electron chi connectivity index (χ1n) is 9.72. The third-order valence-electron chi connectivity index (χ3n) is 5.25. The molecule has 4 atom stereocenters. The molecule has 0 saturated carbocycles. The van der Waals surface area contributed by atoms with Crippen molar-refractivity contribution in [1.82, 2.24) is 15.7 Å². The molecule has 0 radical (unpaired) electrons. The lowest BCUT2D eigenvalue weighted by atomic mass is 9.95. The van der Waals surface area contributed by atoms with Crippen LogP contribution in [0.15, 0.2) is 60.7 Å². The number of carbonyl (C=O) groups is 3. The number of hydroxylamine groups is 1. The molecule has 1 heterocycles. The standard InChI is InChI=1S/C22H25N3O6/c1-30-19(15-11-7-4-8-12-15)18(22(28)31-2)25-13-16(21(25)27)23-20(26)17(24-29)14-9-5-3-6-10-14/h3-12,16-19,24,29H,13H2,1-2H3,(H,23,26). The number of amides is 2. The van der Waals surface area contributed by atoms with Crippen molar-refractivity contribution in [2.45, 2.75) is 24.2 Å². The van der Waals surface area contributed by atoms with Crippen molar-refractivity contribution >= 4 is 17.8 Å². The summed E-state index contributed by atoms with van der Waals surface area (Å²) >= 11 is 0. The van der Waals surface area contributed by atoms with Gasteiger partial charge in [0.15, 0.2) is 6.04 Å². The summed E-state index contributed by atoms with van der Waals surface area (Å²) < 4.78 is 10.4. The lowest BCUT2D eigenvalue weighted by molar-refractivity contribution is -0.168. The predicted molar refractivity (Wildman–Crippen MR) is 110 cm³/mol. The van der Waals surface area contributed by atoms with Crippen LogP contribution in [0.3, 0.4) is 0 Å². The lowest BCUT2D eigenvalue weighted by Crippen LogP contribution is -2.69. The first-order chi connectivity index (χ1) is 15.0. The number of β-lactam (4-membered cyclic amide) rings is 1. The number of hydrogen-bond acceptors (Lipinski definition) is 7. The summed E-state index contributed by atoms with van der Waals surface area (Å²) in [4.78, 5) is 39.2. The van der Waals surface area contributed by atoms with Crippen LogP contribution >= 0.6 is 0 Å². The Kier molecular flexibility index (Phi) is 7.35. The Bertz CT molecular complexity index is 908. The van der Waals surface area contributed by atoms with Gasteiger partial charge in [-0.1, -0.05) is 60.7 Å². The third kappa shape index (κ3) is 4.74. The van der Waals surface area contributed by atoms with Gasteiger partial charge in [-0.2, -0.15) is 5.48 Å². The normalized spacial score (nSPS) is 18.5. The number of carbonyl (C=O) groups excluding carboxylic acids is 3. The Hall–Kier alpha value is -3.27. The van der Waals surface area contributed by atoms with Gasteiger partial charge in [-0.3, -0.25) is 9.59 Å². The summed E-state index contributed by atoms with van der Waals surface area (Å²) in [6.07, 6.45) is -0.731. The first kappa shape index (κ1) is 22.4. The van der Waals surface area contributed by atoms with Crippen LogP contribution in [0.25, 0.3) is 0 Å². The summed E-state index contributed by atoms with van der Waals surface area (Å²) in [6.45, 7) is 0.101. The molecule has 9 nitrogen and oxygen atoms in total. The minimum absolute atomic E-state index is 0.101. The molecule has 0 spiro atoms. The lowest BCUT2D eigenvalue weighted by Gasteiger charge is -2.44. The zero-order valence-electron chi connectivity index (χ0n) is 17.2. The Morgan fingerprint density at radius 2 is 1.61 bits per heavy atom. The Morgan fingerprint density at radius 3 is 2.10 bits per heavy atom. The molecule has 3 N–H and O–H groups in total. The van der Waals surface area contributed by atoms with Crippen LogP contribution in [0, 0.1) is 0 Å². The first-order valence-corrected chi connectivity index (χ1v) is 9.72. The number of methoxy groups -OCH3 is 2. The number of benzene rings is 2. The fraction of sp³-hybridized carbons (Fsp3) is 0.318. The molecule has 3 rings (SSSR count). The van der Waals surface area contributed by atoms with Crippen molar-refractivity contribution in [2.75, 3.05) is 20.8 Å². The third-order valence-corrected chi connectivity index (χ3v) is 5.25. The van der Waals surface area contributed by atoms with Crippen LogP contribution in [0.2, 0.25) is 0 Å².